The molecule has 1 aromatic carbocycles. The molecule has 0 aliphatic carbocycles. The molecular weight excluding hydrogens is 208 g/mol. The Kier molecular flexibility index (Phi) is 6.01. The summed E-state index contributed by atoms with van der Waals surface area (Å²) in [7, 11) is 1.27. The van der Waals surface area contributed by atoms with Gasteiger partial charge in [-0.2, -0.15) is 0 Å². The molecule has 5 heteroatoms. The summed E-state index contributed by atoms with van der Waals surface area (Å²) in [6.07, 6.45) is 0. The monoisotopic (exact) mass is 216 g/mol. The molecule has 1 rings (SSSR count). The van der Waals surface area contributed by atoms with Gasteiger partial charge >= 0.3 is 29.7 Å². The molecule has 0 fully saturated rings. The van der Waals surface area contributed by atoms with Crippen molar-refractivity contribution in [2.75, 3.05) is 7.11 Å². The number of benzene rings is 1. The van der Waals surface area contributed by atoms with Gasteiger partial charge in [0.05, 0.1) is 7.11 Å². The van der Waals surface area contributed by atoms with Gasteiger partial charge in [-0.1, -0.05) is 12.1 Å². The fourth-order valence-corrected chi connectivity index (χ4v) is 0.756. The average Bonchev–Trinajstić information content (AvgIpc) is 2.20. The van der Waals surface area contributed by atoms with E-state index in [4.69, 9.17) is 8.43 Å². The van der Waals surface area contributed by atoms with Crippen LogP contribution in [0.2, 0.25) is 0 Å². The second-order valence-corrected chi connectivity index (χ2v) is 2.01. The Labute approximate surface area is 87.3 Å². The van der Waals surface area contributed by atoms with E-state index in [0.29, 0.717) is 0 Å². The molecule has 0 saturated heterocycles. The van der Waals surface area contributed by atoms with Crippen molar-refractivity contribution < 1.29 is 38.4 Å². The Morgan fingerprint density at radius 3 is 2.38 bits per heavy atom. The van der Waals surface area contributed by atoms with Crippen molar-refractivity contribution in [2.45, 2.75) is 0 Å². The first-order valence-corrected chi connectivity index (χ1v) is 3.96. The van der Waals surface area contributed by atoms with Crippen molar-refractivity contribution in [1.82, 2.24) is 0 Å². The quantitative estimate of drug-likeness (QED) is 0.563. The molecule has 0 aliphatic heterocycles. The second kappa shape index (κ2) is 6.51. The minimum atomic E-state index is -0.525. The van der Waals surface area contributed by atoms with Gasteiger partial charge in [0.25, 0.3) is 0 Å². The third-order valence-electron chi connectivity index (χ3n) is 1.31. The number of carbonyl (C=O) groups is 1. The molecule has 0 aliphatic rings. The molecule has 0 radical (unpaired) electrons. The fourth-order valence-electron chi connectivity index (χ4n) is 0.756. The van der Waals surface area contributed by atoms with Gasteiger partial charge in [-0.3, -0.25) is 0 Å². The summed E-state index contributed by atoms with van der Waals surface area (Å²) in [4.78, 5) is 10.9. The van der Waals surface area contributed by atoms with E-state index in [1.165, 1.54) is 19.2 Å². The first kappa shape index (κ1) is 12.0. The van der Waals surface area contributed by atoms with Crippen molar-refractivity contribution >= 4 is 5.97 Å². The summed E-state index contributed by atoms with van der Waals surface area (Å²) < 4.78 is 12.7. The topological polar surface area (TPSA) is 63.6 Å². The Hall–Kier alpha value is -0.996. The predicted molar refractivity (Wildman–Crippen MR) is 40.1 cm³/mol. The first-order chi connectivity index (χ1) is 6.25. The average molecular weight is 216 g/mol. The molecule has 0 amide bonds. The van der Waals surface area contributed by atoms with Gasteiger partial charge in [0, 0.05) is 0 Å². The number of hydrogen-bond acceptors (Lipinski definition) is 4. The number of hydrogen-bond donors (Lipinski definition) is 1. The minimum absolute atomic E-state index is 0.0562. The van der Waals surface area contributed by atoms with E-state index >= 15 is 0 Å². The Morgan fingerprint density at radius 2 is 1.92 bits per heavy atom. The van der Waals surface area contributed by atoms with Gasteiger partial charge in [-0.25, -0.2) is 4.79 Å². The summed E-state index contributed by atoms with van der Waals surface area (Å²) in [5, 5.41) is 9.11. The number of methoxy groups -OCH3 is 1. The van der Waals surface area contributed by atoms with Gasteiger partial charge in [0.2, 0.25) is 0 Å². The third kappa shape index (κ3) is 3.48. The van der Waals surface area contributed by atoms with Gasteiger partial charge in [0.1, 0.15) is 11.3 Å². The number of para-hydroxylation sites is 1. The molecule has 0 unspecified atom stereocenters. The SMILES string of the molecule is COC(=O)c1ccccc1O.[O]=[Ti]. The Morgan fingerprint density at radius 1 is 1.38 bits per heavy atom. The van der Waals surface area contributed by atoms with E-state index in [1.807, 2.05) is 0 Å². The molecule has 0 atom stereocenters. The molecular formula is C8H8O4Ti. The van der Waals surface area contributed by atoms with Gasteiger partial charge in [0.15, 0.2) is 0 Å². The van der Waals surface area contributed by atoms with E-state index in [9.17, 15) is 4.79 Å². The van der Waals surface area contributed by atoms with Crippen molar-refractivity contribution in [3.05, 3.63) is 29.8 Å². The molecule has 0 aromatic heterocycles. The van der Waals surface area contributed by atoms with Crippen LogP contribution in [0.25, 0.3) is 0 Å². The summed E-state index contributed by atoms with van der Waals surface area (Å²) in [6, 6.07) is 6.24. The third-order valence-corrected chi connectivity index (χ3v) is 1.31. The zero-order valence-electron chi connectivity index (χ0n) is 6.98. The van der Waals surface area contributed by atoms with Crippen LogP contribution in [0.5, 0.6) is 5.75 Å². The number of rotatable bonds is 1. The van der Waals surface area contributed by atoms with Crippen molar-refractivity contribution in [3.63, 3.8) is 0 Å². The number of esters is 1. The van der Waals surface area contributed by atoms with Crippen molar-refractivity contribution in [2.24, 2.45) is 0 Å². The van der Waals surface area contributed by atoms with Gasteiger partial charge in [-0.15, -0.1) is 0 Å². The molecule has 68 valence electrons. The first-order valence-electron chi connectivity index (χ1n) is 3.32. The number of carbonyl (C=O) groups excluding carboxylic acids is 1. The molecule has 0 spiro atoms. The Balaban J connectivity index is 0.000000671. The second-order valence-electron chi connectivity index (χ2n) is 2.01. The van der Waals surface area contributed by atoms with E-state index in [1.54, 1.807) is 12.1 Å². The Bertz CT molecular complexity index is 287. The molecule has 0 heterocycles. The van der Waals surface area contributed by atoms with E-state index < -0.39 is 5.97 Å². The summed E-state index contributed by atoms with van der Waals surface area (Å²) in [5.74, 6) is -0.581. The zero-order chi connectivity index (χ0) is 10.3. The van der Waals surface area contributed by atoms with Crippen LogP contribution < -0.4 is 0 Å². The predicted octanol–water partition coefficient (Wildman–Crippen LogP) is 1.06. The van der Waals surface area contributed by atoms with Crippen LogP contribution in [0, 0.1) is 0 Å². The number of ether oxygens (including phenoxy) is 1. The van der Waals surface area contributed by atoms with Crippen LogP contribution in [0.3, 0.4) is 0 Å². The summed E-state index contributed by atoms with van der Waals surface area (Å²) >= 11 is 0.750. The van der Waals surface area contributed by atoms with E-state index in [-0.39, 0.29) is 11.3 Å². The normalized spacial score (nSPS) is 8.00. The number of aromatic hydroxyl groups is 1. The van der Waals surface area contributed by atoms with Crippen LogP contribution in [0.15, 0.2) is 24.3 Å². The molecule has 1 N–H and O–H groups in total. The molecule has 1 aromatic rings. The van der Waals surface area contributed by atoms with Crippen LogP contribution in [0.4, 0.5) is 0 Å². The van der Waals surface area contributed by atoms with Gasteiger partial charge < -0.3 is 9.84 Å². The standard InChI is InChI=1S/C8H8O3.O.Ti/c1-11-8(10)6-4-2-3-5-7(6)9;;/h2-5,9H,1H3;;. The summed E-state index contributed by atoms with van der Waals surface area (Å²) in [6.45, 7) is 0. The number of phenols is 1. The van der Waals surface area contributed by atoms with E-state index in [0.717, 1.165) is 20.4 Å². The van der Waals surface area contributed by atoms with E-state index in [2.05, 4.69) is 4.74 Å². The molecule has 0 saturated carbocycles. The summed E-state index contributed by atoms with van der Waals surface area (Å²) in [5.41, 5.74) is 0.190. The molecule has 13 heavy (non-hydrogen) atoms. The maximum atomic E-state index is 10.9. The van der Waals surface area contributed by atoms with Crippen LogP contribution in [-0.2, 0) is 28.5 Å². The van der Waals surface area contributed by atoms with Crippen molar-refractivity contribution in [1.29, 1.82) is 0 Å². The van der Waals surface area contributed by atoms with Crippen LogP contribution >= 0.6 is 0 Å². The zero-order valence-corrected chi connectivity index (χ0v) is 8.54. The van der Waals surface area contributed by atoms with Crippen LogP contribution in [0.1, 0.15) is 10.4 Å². The molecule has 0 bridgehead atoms. The van der Waals surface area contributed by atoms with Gasteiger partial charge in [-0.05, 0) is 12.1 Å². The fraction of sp³-hybridized carbons (Fsp3) is 0.125. The van der Waals surface area contributed by atoms with Crippen molar-refractivity contribution in [3.8, 4) is 5.75 Å². The number of phenolic OH excluding ortho intramolecular Hbond substituents is 1. The maximum absolute atomic E-state index is 10.9. The molecule has 4 nitrogen and oxygen atoms in total. The van der Waals surface area contributed by atoms with Crippen LogP contribution in [-0.4, -0.2) is 18.2 Å².